The second kappa shape index (κ2) is 8.12. The van der Waals surface area contributed by atoms with Crippen LogP contribution < -0.4 is 0 Å². The van der Waals surface area contributed by atoms with E-state index < -0.39 is 0 Å². The van der Waals surface area contributed by atoms with Crippen molar-refractivity contribution in [1.29, 1.82) is 0 Å². The van der Waals surface area contributed by atoms with Gasteiger partial charge in [0.1, 0.15) is 5.65 Å². The Morgan fingerprint density at radius 1 is 1.11 bits per heavy atom. The fourth-order valence-corrected chi connectivity index (χ4v) is 5.25. The van der Waals surface area contributed by atoms with Crippen molar-refractivity contribution in [2.24, 2.45) is 0 Å². The molecule has 0 unspecified atom stereocenters. The predicted molar refractivity (Wildman–Crippen MR) is 119 cm³/mol. The first kappa shape index (κ1) is 18.6. The normalized spacial score (nSPS) is 24.5. The molecule has 148 valence electrons. The summed E-state index contributed by atoms with van der Waals surface area (Å²) in [6, 6.07) is 3.08. The van der Waals surface area contributed by atoms with Crippen LogP contribution in [0, 0.1) is 0 Å². The van der Waals surface area contributed by atoms with E-state index in [1.165, 1.54) is 55.2 Å². The van der Waals surface area contributed by atoms with Gasteiger partial charge in [0.2, 0.25) is 0 Å². The van der Waals surface area contributed by atoms with Crippen molar-refractivity contribution in [1.82, 2.24) is 22.9 Å². The lowest BCUT2D eigenvalue weighted by atomic mass is 9.81. The molecule has 1 N–H and O–H groups in total. The van der Waals surface area contributed by atoms with E-state index in [1.807, 2.05) is 21.5 Å². The van der Waals surface area contributed by atoms with Crippen LogP contribution in [0.2, 0.25) is 0 Å². The number of hydrogen-bond donors (Lipinski definition) is 1. The van der Waals surface area contributed by atoms with Crippen LogP contribution in [-0.2, 0) is 4.74 Å². The molecule has 28 heavy (non-hydrogen) atoms. The van der Waals surface area contributed by atoms with E-state index in [4.69, 9.17) is 9.72 Å². The van der Waals surface area contributed by atoms with Crippen LogP contribution in [-0.4, -0.2) is 55.2 Å². The first-order valence-electron chi connectivity index (χ1n) is 10.3. The van der Waals surface area contributed by atoms with Gasteiger partial charge in [-0.25, -0.2) is 7.88 Å². The first-order chi connectivity index (χ1) is 13.8. The number of nitrogens with one attached hydrogen (secondary N) is 1. The minimum atomic E-state index is 0.617. The molecule has 7 heteroatoms. The SMILES string of the molecule is In1cc(-c2c[nH]c3ncc(C4CCC(N5CCCOCC5)CC4)cc23)cn1. The van der Waals surface area contributed by atoms with Crippen molar-refractivity contribution >= 4 is 33.9 Å². The summed E-state index contributed by atoms with van der Waals surface area (Å²) in [6.45, 7) is 4.11. The number of fused-ring (bicyclic) bond motifs is 1. The zero-order valence-electron chi connectivity index (χ0n) is 16.0. The Balaban J connectivity index is 1.33. The number of rotatable bonds is 3. The molecular formula is C21H26IN5O. The van der Waals surface area contributed by atoms with E-state index in [9.17, 15) is 0 Å². The Morgan fingerprint density at radius 3 is 2.82 bits per heavy atom. The zero-order chi connectivity index (χ0) is 18.9. The molecule has 0 radical (unpaired) electrons. The molecule has 0 spiro atoms. The molecule has 1 saturated heterocycles. The number of hydrogen-bond acceptors (Lipinski definition) is 4. The molecule has 3 aromatic heterocycles. The Hall–Kier alpha value is -1.45. The van der Waals surface area contributed by atoms with Crippen molar-refractivity contribution in [3.63, 3.8) is 0 Å². The van der Waals surface area contributed by atoms with Gasteiger partial charge in [-0.05, 0) is 49.7 Å². The van der Waals surface area contributed by atoms with Crippen molar-refractivity contribution in [2.75, 3.05) is 26.3 Å². The Bertz CT molecular complexity index is 935. The summed E-state index contributed by atoms with van der Waals surface area (Å²) >= 11 is 2.18. The van der Waals surface area contributed by atoms with Crippen LogP contribution in [0.4, 0.5) is 0 Å². The highest BCUT2D eigenvalue weighted by molar-refractivity contribution is 14.1. The molecule has 0 amide bonds. The van der Waals surface area contributed by atoms with E-state index in [-0.39, 0.29) is 0 Å². The molecule has 0 atom stereocenters. The second-order valence-electron chi connectivity index (χ2n) is 7.99. The average molecular weight is 491 g/mol. The van der Waals surface area contributed by atoms with Crippen molar-refractivity contribution in [2.45, 2.75) is 44.1 Å². The summed E-state index contributed by atoms with van der Waals surface area (Å²) in [5, 5.41) is 5.51. The molecule has 1 aliphatic carbocycles. The summed E-state index contributed by atoms with van der Waals surface area (Å²) < 4.78 is 7.45. The van der Waals surface area contributed by atoms with Gasteiger partial charge in [-0.2, -0.15) is 5.10 Å². The minimum absolute atomic E-state index is 0.617. The van der Waals surface area contributed by atoms with E-state index in [1.54, 1.807) is 0 Å². The summed E-state index contributed by atoms with van der Waals surface area (Å²) in [7, 11) is 0. The monoisotopic (exact) mass is 491 g/mol. The van der Waals surface area contributed by atoms with E-state index in [0.29, 0.717) is 5.92 Å². The number of H-pyrrole nitrogens is 1. The first-order valence-corrected chi connectivity index (χ1v) is 11.2. The van der Waals surface area contributed by atoms with Crippen molar-refractivity contribution in [3.8, 4) is 11.1 Å². The van der Waals surface area contributed by atoms with Crippen LogP contribution in [0.25, 0.3) is 22.2 Å². The lowest BCUT2D eigenvalue weighted by Gasteiger charge is -2.36. The van der Waals surface area contributed by atoms with Crippen LogP contribution in [0.5, 0.6) is 0 Å². The molecule has 0 bridgehead atoms. The minimum Gasteiger partial charge on any atom is -0.380 e. The van der Waals surface area contributed by atoms with Gasteiger partial charge in [0.05, 0.1) is 35.7 Å². The fraction of sp³-hybridized carbons (Fsp3) is 0.524. The lowest BCUT2D eigenvalue weighted by molar-refractivity contribution is 0.118. The maximum atomic E-state index is 5.63. The molecule has 0 aromatic carbocycles. The summed E-state index contributed by atoms with van der Waals surface area (Å²) in [5.41, 5.74) is 4.66. The fourth-order valence-electron chi connectivity index (χ4n) is 4.82. The molecule has 4 heterocycles. The molecule has 3 aromatic rings. The maximum Gasteiger partial charge on any atom is 0.137 e. The van der Waals surface area contributed by atoms with Crippen molar-refractivity contribution in [3.05, 3.63) is 36.4 Å². The topological polar surface area (TPSA) is 59.0 Å². The summed E-state index contributed by atoms with van der Waals surface area (Å²) in [4.78, 5) is 10.7. The van der Waals surface area contributed by atoms with E-state index in [0.717, 1.165) is 37.0 Å². The van der Waals surface area contributed by atoms with Crippen LogP contribution in [0.15, 0.2) is 30.9 Å². The molecule has 1 saturated carbocycles. The lowest BCUT2D eigenvalue weighted by Crippen LogP contribution is -2.39. The molecule has 1 aliphatic heterocycles. The van der Waals surface area contributed by atoms with Gasteiger partial charge in [0, 0.05) is 60.8 Å². The standard InChI is InChI=1S/C21H26IN5O/c22-27-14-17(12-25-27)20-13-24-21-19(20)10-16(11-23-21)15-2-4-18(5-3-15)26-6-1-8-28-9-7-26/h10-15,18H,1-9H2,(H,23,24). The highest BCUT2D eigenvalue weighted by Gasteiger charge is 2.27. The Kier molecular flexibility index (Phi) is 5.38. The van der Waals surface area contributed by atoms with E-state index >= 15 is 0 Å². The predicted octanol–water partition coefficient (Wildman–Crippen LogP) is 4.37. The van der Waals surface area contributed by atoms with Crippen molar-refractivity contribution < 1.29 is 4.74 Å². The van der Waals surface area contributed by atoms with E-state index in [2.05, 4.69) is 50.1 Å². The average Bonchev–Trinajstić information content (AvgIpc) is 3.24. The van der Waals surface area contributed by atoms with Gasteiger partial charge in [0.15, 0.2) is 0 Å². The molecule has 5 rings (SSSR count). The number of ether oxygens (including phenoxy) is 1. The highest BCUT2D eigenvalue weighted by atomic mass is 127. The van der Waals surface area contributed by atoms with Gasteiger partial charge in [0.25, 0.3) is 0 Å². The molecule has 2 aliphatic rings. The Morgan fingerprint density at radius 2 is 2.00 bits per heavy atom. The molecule has 2 fully saturated rings. The molecule has 6 nitrogen and oxygen atoms in total. The van der Waals surface area contributed by atoms with Gasteiger partial charge >= 0.3 is 0 Å². The van der Waals surface area contributed by atoms with Gasteiger partial charge in [-0.1, -0.05) is 0 Å². The molecular weight excluding hydrogens is 465 g/mol. The number of halogens is 1. The number of aromatic nitrogens is 4. The summed E-state index contributed by atoms with van der Waals surface area (Å²) in [6.07, 6.45) is 14.3. The quantitative estimate of drug-likeness (QED) is 0.553. The zero-order valence-corrected chi connectivity index (χ0v) is 18.1. The van der Waals surface area contributed by atoms with Gasteiger partial charge < -0.3 is 9.72 Å². The van der Waals surface area contributed by atoms with Crippen LogP contribution in [0.1, 0.15) is 43.6 Å². The maximum absolute atomic E-state index is 5.63. The third-order valence-corrected chi connectivity index (χ3v) is 6.88. The summed E-state index contributed by atoms with van der Waals surface area (Å²) in [5.74, 6) is 0.617. The van der Waals surface area contributed by atoms with Gasteiger partial charge in [-0.3, -0.25) is 4.90 Å². The number of pyridine rings is 1. The Labute approximate surface area is 179 Å². The van der Waals surface area contributed by atoms with Crippen LogP contribution in [0.3, 0.4) is 0 Å². The third kappa shape index (κ3) is 3.71. The second-order valence-corrected chi connectivity index (χ2v) is 8.98. The number of nitrogens with zero attached hydrogens (tertiary/aromatic N) is 4. The largest absolute Gasteiger partial charge is 0.380 e. The highest BCUT2D eigenvalue weighted by Crippen LogP contribution is 2.37. The number of aromatic amines is 1. The van der Waals surface area contributed by atoms with Gasteiger partial charge in [-0.15, -0.1) is 0 Å². The van der Waals surface area contributed by atoms with Crippen LogP contribution >= 0.6 is 22.9 Å². The third-order valence-electron chi connectivity index (χ3n) is 6.36. The smallest absolute Gasteiger partial charge is 0.137 e.